The van der Waals surface area contributed by atoms with Crippen molar-refractivity contribution in [2.24, 2.45) is 11.3 Å². The third-order valence-corrected chi connectivity index (χ3v) is 8.52. The van der Waals surface area contributed by atoms with E-state index in [2.05, 4.69) is 25.6 Å². The van der Waals surface area contributed by atoms with Crippen molar-refractivity contribution in [3.63, 3.8) is 0 Å². The van der Waals surface area contributed by atoms with E-state index in [9.17, 15) is 23.0 Å². The smallest absolute Gasteiger partial charge is 0.360 e. The fourth-order valence-electron chi connectivity index (χ4n) is 5.13. The Balaban J connectivity index is 1.56. The van der Waals surface area contributed by atoms with Crippen LogP contribution in [0.4, 0.5) is 19.1 Å². The van der Waals surface area contributed by atoms with Crippen molar-refractivity contribution < 1.29 is 17.7 Å². The molecular formula is C23H24F3N6OP. The Hall–Kier alpha value is -2.89. The van der Waals surface area contributed by atoms with Gasteiger partial charge in [0.2, 0.25) is 5.95 Å². The van der Waals surface area contributed by atoms with Gasteiger partial charge in [0.1, 0.15) is 12.7 Å². The van der Waals surface area contributed by atoms with Crippen LogP contribution in [0.15, 0.2) is 24.5 Å². The normalized spacial score (nSPS) is 22.3. The highest BCUT2D eigenvalue weighted by Crippen LogP contribution is 2.56. The van der Waals surface area contributed by atoms with Crippen LogP contribution in [0.25, 0.3) is 22.2 Å². The van der Waals surface area contributed by atoms with E-state index in [4.69, 9.17) is 0 Å². The van der Waals surface area contributed by atoms with Gasteiger partial charge in [0, 0.05) is 36.4 Å². The number of rotatable bonds is 5. The average Bonchev–Trinajstić information content (AvgIpc) is 3.08. The number of aromatic nitrogens is 3. The minimum Gasteiger partial charge on any atom is -0.360 e. The first-order valence-electron chi connectivity index (χ1n) is 11.0. The van der Waals surface area contributed by atoms with E-state index in [1.165, 1.54) is 25.6 Å². The maximum atomic E-state index is 13.9. The number of benzene rings is 1. The zero-order valence-electron chi connectivity index (χ0n) is 18.8. The summed E-state index contributed by atoms with van der Waals surface area (Å²) < 4.78 is 54.5. The van der Waals surface area contributed by atoms with Gasteiger partial charge in [0.25, 0.3) is 0 Å². The van der Waals surface area contributed by atoms with Gasteiger partial charge < -0.3 is 20.2 Å². The Bertz CT molecular complexity index is 1360. The molecule has 2 unspecified atom stereocenters. The predicted octanol–water partition coefficient (Wildman–Crippen LogP) is 4.17. The summed E-state index contributed by atoms with van der Waals surface area (Å²) >= 11 is 0. The Morgan fingerprint density at radius 2 is 2.15 bits per heavy atom. The second-order valence-electron chi connectivity index (χ2n) is 9.57. The van der Waals surface area contributed by atoms with Gasteiger partial charge in [-0.1, -0.05) is 6.07 Å². The molecule has 34 heavy (non-hydrogen) atoms. The molecule has 2 fully saturated rings. The lowest BCUT2D eigenvalue weighted by molar-refractivity contribution is -0.137. The van der Waals surface area contributed by atoms with Crippen molar-refractivity contribution in [2.45, 2.75) is 19.0 Å². The molecule has 1 saturated carbocycles. The van der Waals surface area contributed by atoms with Crippen molar-refractivity contribution in [3.05, 3.63) is 35.7 Å². The number of hydrogen-bond donors (Lipinski definition) is 3. The number of anilines is 1. The van der Waals surface area contributed by atoms with Crippen molar-refractivity contribution in [2.75, 3.05) is 38.3 Å². The zero-order chi connectivity index (χ0) is 24.3. The largest absolute Gasteiger partial charge is 0.419 e. The van der Waals surface area contributed by atoms with Gasteiger partial charge in [-0.2, -0.15) is 18.4 Å². The number of fused-ring (bicyclic) bond motifs is 1. The second kappa shape index (κ2) is 7.82. The van der Waals surface area contributed by atoms with E-state index < -0.39 is 18.9 Å². The number of hydrogen-bond acceptors (Lipinski definition) is 6. The van der Waals surface area contributed by atoms with Gasteiger partial charge in [-0.25, -0.2) is 9.97 Å². The minimum atomic E-state index is -4.66. The van der Waals surface area contributed by atoms with E-state index in [0.29, 0.717) is 34.1 Å². The maximum Gasteiger partial charge on any atom is 0.419 e. The van der Waals surface area contributed by atoms with Crippen molar-refractivity contribution in [3.8, 4) is 17.3 Å². The molecule has 2 aromatic heterocycles. The monoisotopic (exact) mass is 488 g/mol. The Kier molecular flexibility index (Phi) is 5.26. The zero-order valence-corrected chi connectivity index (χ0v) is 19.6. The molecule has 1 spiro atoms. The molecule has 2 atom stereocenters. The fraction of sp³-hybridized carbons (Fsp3) is 0.435. The third-order valence-electron chi connectivity index (χ3n) is 6.98. The van der Waals surface area contributed by atoms with E-state index in [1.807, 2.05) is 6.07 Å². The van der Waals surface area contributed by atoms with Crippen LogP contribution < -0.4 is 15.9 Å². The molecular weight excluding hydrogens is 464 g/mol. The van der Waals surface area contributed by atoms with Gasteiger partial charge in [-0.3, -0.25) is 0 Å². The molecule has 11 heteroatoms. The summed E-state index contributed by atoms with van der Waals surface area (Å²) in [6, 6.07) is 5.08. The van der Waals surface area contributed by atoms with Gasteiger partial charge in [0.05, 0.1) is 28.1 Å². The van der Waals surface area contributed by atoms with Gasteiger partial charge >= 0.3 is 6.18 Å². The first kappa shape index (κ1) is 22.9. The van der Waals surface area contributed by atoms with Crippen molar-refractivity contribution >= 4 is 29.3 Å². The first-order chi connectivity index (χ1) is 16.0. The van der Waals surface area contributed by atoms with Crippen LogP contribution in [0.3, 0.4) is 0 Å². The quantitative estimate of drug-likeness (QED) is 0.466. The molecule has 0 radical (unpaired) electrons. The molecule has 2 aliphatic rings. The van der Waals surface area contributed by atoms with Gasteiger partial charge in [-0.15, -0.1) is 0 Å². The fourth-order valence-corrected chi connectivity index (χ4v) is 6.56. The minimum absolute atomic E-state index is 0.135. The standard InChI is InChI=1S/C23H24F3N6OP/c1-34(2,33)20-13(8-27)3-4-15-16(10-29-19(15)20)18-17(23(24,25)26)11-31-21(32-18)30-9-14-7-22(14)5-6-28-12-22/h3-4,10-11,14,28-29H,5-7,9,12H2,1-2H3,(H,30,31,32). The van der Waals surface area contributed by atoms with Crippen LogP contribution in [-0.4, -0.2) is 47.9 Å². The average molecular weight is 488 g/mol. The summed E-state index contributed by atoms with van der Waals surface area (Å²) in [6.45, 7) is 5.63. The maximum absolute atomic E-state index is 13.9. The Morgan fingerprint density at radius 1 is 1.35 bits per heavy atom. The summed E-state index contributed by atoms with van der Waals surface area (Å²) in [5.74, 6) is 0.580. The lowest BCUT2D eigenvalue weighted by atomic mass is 10.0. The molecule has 3 N–H and O–H groups in total. The highest BCUT2D eigenvalue weighted by Gasteiger charge is 2.54. The van der Waals surface area contributed by atoms with Crippen LogP contribution in [-0.2, 0) is 10.7 Å². The number of nitrogens with one attached hydrogen (secondary N) is 3. The lowest BCUT2D eigenvalue weighted by Crippen LogP contribution is -2.17. The van der Waals surface area contributed by atoms with Crippen LogP contribution in [0.1, 0.15) is 24.0 Å². The van der Waals surface area contributed by atoms with Crippen LogP contribution in [0.2, 0.25) is 0 Å². The number of nitrogens with zero attached hydrogens (tertiary/aromatic N) is 3. The highest BCUT2D eigenvalue weighted by molar-refractivity contribution is 7.70. The molecule has 1 aliphatic heterocycles. The van der Waals surface area contributed by atoms with Crippen LogP contribution >= 0.6 is 7.14 Å². The summed E-state index contributed by atoms with van der Waals surface area (Å²) in [7, 11) is -2.90. The van der Waals surface area contributed by atoms with E-state index in [0.717, 1.165) is 32.1 Å². The molecule has 7 nitrogen and oxygen atoms in total. The van der Waals surface area contributed by atoms with Crippen LogP contribution in [0.5, 0.6) is 0 Å². The Labute approximate surface area is 194 Å². The molecule has 5 rings (SSSR count). The number of H-pyrrole nitrogens is 1. The molecule has 0 bridgehead atoms. The first-order valence-corrected chi connectivity index (χ1v) is 13.6. The van der Waals surface area contributed by atoms with E-state index >= 15 is 0 Å². The summed E-state index contributed by atoms with van der Waals surface area (Å²) in [5.41, 5.74) is -0.0880. The molecule has 3 aromatic rings. The number of alkyl halides is 3. The van der Waals surface area contributed by atoms with Gasteiger partial charge in [0.15, 0.2) is 0 Å². The molecule has 1 saturated heterocycles. The van der Waals surface area contributed by atoms with Gasteiger partial charge in [-0.05, 0) is 50.1 Å². The third kappa shape index (κ3) is 3.87. The summed E-state index contributed by atoms with van der Waals surface area (Å²) in [5, 5.41) is 16.7. The lowest BCUT2D eigenvalue weighted by Gasteiger charge is -2.14. The molecule has 1 aliphatic carbocycles. The van der Waals surface area contributed by atoms with Crippen molar-refractivity contribution in [1.82, 2.24) is 20.3 Å². The predicted molar refractivity (Wildman–Crippen MR) is 125 cm³/mol. The SMILES string of the molecule is CP(C)(=O)c1c(C#N)ccc2c(-c3nc(NCC4CC45CCNC5)ncc3C(F)(F)F)c[nH]c12. The molecule has 0 amide bonds. The van der Waals surface area contributed by atoms with E-state index in [-0.39, 0.29) is 22.8 Å². The number of halogens is 3. The number of nitriles is 1. The summed E-state index contributed by atoms with van der Waals surface area (Å²) in [4.78, 5) is 11.2. The summed E-state index contributed by atoms with van der Waals surface area (Å²) in [6.07, 6.45) is -0.237. The molecule has 1 aromatic carbocycles. The topological polar surface area (TPSA) is 106 Å². The van der Waals surface area contributed by atoms with Crippen molar-refractivity contribution in [1.29, 1.82) is 5.26 Å². The molecule has 3 heterocycles. The second-order valence-corrected chi connectivity index (χ2v) is 12.7. The van der Waals surface area contributed by atoms with Crippen LogP contribution in [0, 0.1) is 22.7 Å². The number of aromatic amines is 1. The molecule has 178 valence electrons. The van der Waals surface area contributed by atoms with E-state index in [1.54, 1.807) is 6.07 Å². The Morgan fingerprint density at radius 3 is 2.79 bits per heavy atom. The highest BCUT2D eigenvalue weighted by atomic mass is 31.2.